The SMILES string of the molecule is CN1CCC(=C2c3ccc(Cl)cc3C(Br)=Cc3cccnc32)CC1.CN1CCC(C2(O)c3ccc(Cl)cc3C(Br)=Cc3cccnc32)CC1. The normalized spacial score (nSPS) is 21.1. The predicted molar refractivity (Wildman–Crippen MR) is 211 cm³/mol. The Labute approximate surface area is 315 Å². The summed E-state index contributed by atoms with van der Waals surface area (Å²) in [6.07, 6.45) is 11.9. The number of hydrogen-bond donors (Lipinski definition) is 1. The molecule has 0 spiro atoms. The molecule has 2 aliphatic carbocycles. The number of aliphatic hydroxyl groups is 1. The monoisotopic (exact) mass is 818 g/mol. The Balaban J connectivity index is 0.000000154. The molecule has 9 heteroatoms. The minimum Gasteiger partial charge on any atom is -0.378 e. The predicted octanol–water partition coefficient (Wildman–Crippen LogP) is 9.99. The van der Waals surface area contributed by atoms with E-state index < -0.39 is 5.60 Å². The van der Waals surface area contributed by atoms with Crippen LogP contribution in [0.1, 0.15) is 70.5 Å². The average molecular weight is 821 g/mol. The lowest BCUT2D eigenvalue weighted by Gasteiger charge is -2.41. The van der Waals surface area contributed by atoms with Gasteiger partial charge in [-0.3, -0.25) is 9.97 Å². The van der Waals surface area contributed by atoms with Gasteiger partial charge in [0.05, 0.1) is 11.4 Å². The Morgan fingerprint density at radius 3 is 2.06 bits per heavy atom. The molecule has 0 radical (unpaired) electrons. The smallest absolute Gasteiger partial charge is 0.135 e. The molecule has 0 saturated carbocycles. The van der Waals surface area contributed by atoms with Gasteiger partial charge < -0.3 is 14.9 Å². The van der Waals surface area contributed by atoms with Gasteiger partial charge in [0, 0.05) is 67.1 Å². The van der Waals surface area contributed by atoms with E-state index in [1.807, 2.05) is 60.8 Å². The van der Waals surface area contributed by atoms with Crippen LogP contribution in [0.2, 0.25) is 10.0 Å². The van der Waals surface area contributed by atoms with Crippen LogP contribution in [0.4, 0.5) is 0 Å². The molecule has 2 aromatic carbocycles. The van der Waals surface area contributed by atoms with Crippen molar-refractivity contribution >= 4 is 81.8 Å². The molecule has 8 rings (SSSR count). The van der Waals surface area contributed by atoms with Crippen molar-refractivity contribution in [3.05, 3.63) is 133 Å². The number of pyridine rings is 2. The molecule has 2 saturated heterocycles. The number of hydrogen-bond acceptors (Lipinski definition) is 5. The highest BCUT2D eigenvalue weighted by Crippen LogP contribution is 2.49. The van der Waals surface area contributed by atoms with Gasteiger partial charge in [0.25, 0.3) is 0 Å². The first-order valence-electron chi connectivity index (χ1n) is 16.7. The molecule has 2 aromatic heterocycles. The molecule has 2 fully saturated rings. The van der Waals surface area contributed by atoms with Gasteiger partial charge in [0.2, 0.25) is 0 Å². The zero-order chi connectivity index (χ0) is 34.3. The first kappa shape index (κ1) is 34.8. The van der Waals surface area contributed by atoms with Gasteiger partial charge >= 0.3 is 0 Å². The van der Waals surface area contributed by atoms with E-state index in [9.17, 15) is 5.11 Å². The van der Waals surface area contributed by atoms with Crippen LogP contribution in [0, 0.1) is 5.92 Å². The van der Waals surface area contributed by atoms with Crippen molar-refractivity contribution in [2.24, 2.45) is 5.92 Å². The van der Waals surface area contributed by atoms with E-state index in [0.29, 0.717) is 5.02 Å². The Bertz CT molecular complexity index is 1990. The summed E-state index contributed by atoms with van der Waals surface area (Å²) in [5.41, 5.74) is 9.76. The quantitative estimate of drug-likeness (QED) is 0.207. The minimum atomic E-state index is -1.12. The number of likely N-dealkylation sites (tertiary alicyclic amines) is 2. The molecular formula is C40H38Br2Cl2N4O. The fourth-order valence-electron chi connectivity index (χ4n) is 7.59. The highest BCUT2D eigenvalue weighted by Gasteiger charge is 2.46. The molecule has 4 aromatic rings. The van der Waals surface area contributed by atoms with E-state index in [1.165, 1.54) is 16.7 Å². The van der Waals surface area contributed by atoms with E-state index in [-0.39, 0.29) is 5.92 Å². The summed E-state index contributed by atoms with van der Waals surface area (Å²) < 4.78 is 1.97. The Hall–Kier alpha value is -2.62. The minimum absolute atomic E-state index is 0.115. The van der Waals surface area contributed by atoms with E-state index in [4.69, 9.17) is 28.2 Å². The summed E-state index contributed by atoms with van der Waals surface area (Å²) in [7, 11) is 4.32. The van der Waals surface area contributed by atoms with Crippen molar-refractivity contribution in [2.45, 2.75) is 31.3 Å². The van der Waals surface area contributed by atoms with Crippen LogP contribution in [-0.4, -0.2) is 65.1 Å². The van der Waals surface area contributed by atoms with Crippen LogP contribution in [0.25, 0.3) is 26.7 Å². The zero-order valence-corrected chi connectivity index (χ0v) is 32.2. The van der Waals surface area contributed by atoms with Crippen molar-refractivity contribution in [1.82, 2.24) is 19.8 Å². The fourth-order valence-corrected chi connectivity index (χ4v) is 9.09. The van der Waals surface area contributed by atoms with E-state index in [2.05, 4.69) is 78.9 Å². The molecule has 0 bridgehead atoms. The summed E-state index contributed by atoms with van der Waals surface area (Å²) >= 11 is 20.0. The number of nitrogens with zero attached hydrogens (tertiary/aromatic N) is 4. The fraction of sp³-hybridized carbons (Fsp3) is 0.300. The molecule has 1 unspecified atom stereocenters. The van der Waals surface area contributed by atoms with Crippen LogP contribution in [0.5, 0.6) is 0 Å². The van der Waals surface area contributed by atoms with Gasteiger partial charge in [-0.05, 0) is 124 Å². The molecule has 4 aliphatic rings. The summed E-state index contributed by atoms with van der Waals surface area (Å²) in [6.45, 7) is 4.15. The van der Waals surface area contributed by atoms with Crippen molar-refractivity contribution in [3.63, 3.8) is 0 Å². The van der Waals surface area contributed by atoms with Crippen LogP contribution in [0.15, 0.2) is 78.6 Å². The molecule has 4 heterocycles. The molecule has 49 heavy (non-hydrogen) atoms. The molecule has 2 aliphatic heterocycles. The second-order valence-corrected chi connectivity index (χ2v) is 16.0. The number of aromatic nitrogens is 2. The van der Waals surface area contributed by atoms with Crippen LogP contribution in [-0.2, 0) is 5.60 Å². The van der Waals surface area contributed by atoms with Gasteiger partial charge in [-0.15, -0.1) is 0 Å². The third kappa shape index (κ3) is 6.88. The topological polar surface area (TPSA) is 52.5 Å². The number of piperidine rings is 2. The molecule has 252 valence electrons. The van der Waals surface area contributed by atoms with Gasteiger partial charge in [0.1, 0.15) is 5.60 Å². The Morgan fingerprint density at radius 1 is 0.735 bits per heavy atom. The van der Waals surface area contributed by atoms with Crippen molar-refractivity contribution in [3.8, 4) is 0 Å². The highest BCUT2D eigenvalue weighted by molar-refractivity contribution is 9.15. The molecule has 1 N–H and O–H groups in total. The van der Waals surface area contributed by atoms with Crippen LogP contribution in [0.3, 0.4) is 0 Å². The van der Waals surface area contributed by atoms with E-state index >= 15 is 0 Å². The lowest BCUT2D eigenvalue weighted by molar-refractivity contribution is -0.0144. The summed E-state index contributed by atoms with van der Waals surface area (Å²) in [4.78, 5) is 14.1. The average Bonchev–Trinajstić information content (AvgIpc) is 3.28. The Morgan fingerprint density at radius 2 is 1.33 bits per heavy atom. The Kier molecular flexibility index (Phi) is 10.3. The van der Waals surface area contributed by atoms with E-state index in [0.717, 1.165) is 105 Å². The number of fused-ring (bicyclic) bond motifs is 4. The van der Waals surface area contributed by atoms with Crippen molar-refractivity contribution in [1.29, 1.82) is 0 Å². The number of halogens is 4. The summed E-state index contributed by atoms with van der Waals surface area (Å²) in [6, 6.07) is 19.9. The van der Waals surface area contributed by atoms with Crippen molar-refractivity contribution < 1.29 is 5.11 Å². The van der Waals surface area contributed by atoms with Gasteiger partial charge in [-0.1, -0.05) is 84.9 Å². The largest absolute Gasteiger partial charge is 0.378 e. The van der Waals surface area contributed by atoms with Crippen molar-refractivity contribution in [2.75, 3.05) is 40.3 Å². The lowest BCUT2D eigenvalue weighted by Crippen LogP contribution is -2.44. The molecular weight excluding hydrogens is 783 g/mol. The third-order valence-electron chi connectivity index (χ3n) is 10.3. The van der Waals surface area contributed by atoms with Crippen LogP contribution < -0.4 is 0 Å². The highest BCUT2D eigenvalue weighted by atomic mass is 79.9. The van der Waals surface area contributed by atoms with Gasteiger partial charge in [0.15, 0.2) is 0 Å². The second-order valence-electron chi connectivity index (χ2n) is 13.4. The zero-order valence-electron chi connectivity index (χ0n) is 27.6. The van der Waals surface area contributed by atoms with Gasteiger partial charge in [-0.25, -0.2) is 0 Å². The second kappa shape index (κ2) is 14.5. The maximum Gasteiger partial charge on any atom is 0.135 e. The maximum absolute atomic E-state index is 12.1. The standard InChI is InChI=1S/C20H20BrClN2O.C20H18BrClN2/c1-24-9-6-14(7-10-24)20(25)17-5-4-15(22)12-16(17)18(21)11-13-3-2-8-23-19(13)20;1-24-9-6-13(7-10-24)19-16-5-4-15(22)12-17(16)18(21)11-14-3-2-8-23-20(14)19/h2-5,8,11-12,14,25H,6-7,9-10H2,1H3;2-5,8,11-12H,6-7,9-10H2,1H3. The maximum atomic E-state index is 12.1. The third-order valence-corrected chi connectivity index (χ3v) is 12.0. The number of benzene rings is 2. The molecule has 0 amide bonds. The summed E-state index contributed by atoms with van der Waals surface area (Å²) in [5.74, 6) is 0.115. The first-order valence-corrected chi connectivity index (χ1v) is 19.0. The van der Waals surface area contributed by atoms with Gasteiger partial charge in [-0.2, -0.15) is 0 Å². The molecule has 1 atom stereocenters. The van der Waals surface area contributed by atoms with E-state index in [1.54, 1.807) is 6.20 Å². The first-order chi connectivity index (χ1) is 23.6. The number of rotatable bonds is 1. The lowest BCUT2D eigenvalue weighted by atomic mass is 9.72. The summed E-state index contributed by atoms with van der Waals surface area (Å²) in [5, 5.41) is 13.5. The van der Waals surface area contributed by atoms with Crippen LogP contribution >= 0.6 is 55.1 Å². The molecule has 5 nitrogen and oxygen atoms in total.